The van der Waals surface area contributed by atoms with Gasteiger partial charge in [0.1, 0.15) is 0 Å². The molecule has 1 nitrogen and oxygen atoms in total. The van der Waals surface area contributed by atoms with Gasteiger partial charge in [-0.1, -0.05) is 0 Å². The first-order chi connectivity index (χ1) is 5.25. The molecule has 0 amide bonds. The molecule has 0 spiro atoms. The normalized spacial score (nSPS) is 9.27. The number of methoxy groups -OCH3 is 1. The van der Waals surface area contributed by atoms with Gasteiger partial charge in [-0.25, -0.2) is 0 Å². The molecule has 3 radical (unpaired) electrons. The van der Waals surface area contributed by atoms with Gasteiger partial charge in [-0.2, -0.15) is 0 Å². The fourth-order valence-electron chi connectivity index (χ4n) is 0.894. The van der Waals surface area contributed by atoms with E-state index in [2.05, 4.69) is 6.58 Å². The first-order valence-electron chi connectivity index (χ1n) is 3.29. The van der Waals surface area contributed by atoms with Gasteiger partial charge in [-0.3, -0.25) is 0 Å². The Morgan fingerprint density at radius 2 is 2.09 bits per heavy atom. The second kappa shape index (κ2) is 3.81. The average molecular weight is 252 g/mol. The monoisotopic (exact) mass is 253 g/mol. The average Bonchev–Trinajstić information content (AvgIpc) is 2.04. The number of rotatable bonds is 2. The summed E-state index contributed by atoms with van der Waals surface area (Å²) in [6.07, 6.45) is 0. The van der Waals surface area contributed by atoms with E-state index in [0.717, 1.165) is 14.9 Å². The fourth-order valence-corrected chi connectivity index (χ4v) is 1.48. The molecule has 0 atom stereocenters. The molecule has 0 N–H and O–H groups in total. The van der Waals surface area contributed by atoms with Gasteiger partial charge in [0.15, 0.2) is 0 Å². The maximum atomic E-state index is 5.16. The van der Waals surface area contributed by atoms with E-state index in [-0.39, 0.29) is 0 Å². The molecule has 0 unspecified atom stereocenters. The van der Waals surface area contributed by atoms with Crippen LogP contribution in [0.1, 0.15) is 5.56 Å². The molecule has 55 valence electrons. The number of benzene rings is 1. The third kappa shape index (κ3) is 1.99. The van der Waals surface area contributed by atoms with Crippen molar-refractivity contribution in [1.82, 2.24) is 0 Å². The Kier molecular flexibility index (Phi) is 3.00. The number of hydrogen-bond acceptors (Lipinski definition) is 1. The van der Waals surface area contributed by atoms with E-state index in [4.69, 9.17) is 4.74 Å². The minimum absolute atomic E-state index is 0.911. The van der Waals surface area contributed by atoms with Crippen molar-refractivity contribution in [2.24, 2.45) is 0 Å². The second-order valence-electron chi connectivity index (χ2n) is 2.18. The van der Waals surface area contributed by atoms with Crippen LogP contribution in [0, 0.1) is 0 Å². The van der Waals surface area contributed by atoms with E-state index in [1.165, 1.54) is 22.5 Å². The van der Waals surface area contributed by atoms with Crippen molar-refractivity contribution < 1.29 is 4.74 Å². The van der Waals surface area contributed by atoms with Crippen LogP contribution in [-0.2, 0) is 0 Å². The maximum absolute atomic E-state index is 5.16. The summed E-state index contributed by atoms with van der Waals surface area (Å²) in [5, 5.41) is 0. The van der Waals surface area contributed by atoms with Crippen molar-refractivity contribution in [2.45, 2.75) is 0 Å². The van der Waals surface area contributed by atoms with Crippen LogP contribution in [0.2, 0.25) is 0 Å². The summed E-state index contributed by atoms with van der Waals surface area (Å²) >= 11 is 1.33. The Bertz CT molecular complexity index is 268. The minimum atomic E-state index is 0.911. The topological polar surface area (TPSA) is 9.23 Å². The van der Waals surface area contributed by atoms with E-state index in [9.17, 15) is 0 Å². The number of ether oxygens (including phenoxy) is 1. The standard InChI is InChI=1S/C9H9O.Sn/c1-3-8-6-4-5-7-9(8)10-2;/h4-7H,1H2,2H3;. The fraction of sp³-hybridized carbons (Fsp3) is 0.111. The van der Waals surface area contributed by atoms with Gasteiger partial charge < -0.3 is 0 Å². The van der Waals surface area contributed by atoms with Gasteiger partial charge >= 0.3 is 80.1 Å². The zero-order valence-electron chi connectivity index (χ0n) is 6.42. The Morgan fingerprint density at radius 1 is 1.45 bits per heavy atom. The van der Waals surface area contributed by atoms with Crippen molar-refractivity contribution in [3.05, 3.63) is 36.4 Å². The van der Waals surface area contributed by atoms with E-state index >= 15 is 0 Å². The van der Waals surface area contributed by atoms with E-state index in [1.807, 2.05) is 24.3 Å². The van der Waals surface area contributed by atoms with Gasteiger partial charge in [0.25, 0.3) is 0 Å². The summed E-state index contributed by atoms with van der Waals surface area (Å²) in [5.41, 5.74) is 1.12. The Morgan fingerprint density at radius 3 is 2.55 bits per heavy atom. The summed E-state index contributed by atoms with van der Waals surface area (Å²) in [4.78, 5) is 0. The Labute approximate surface area is 80.2 Å². The van der Waals surface area contributed by atoms with Crippen LogP contribution in [-0.4, -0.2) is 29.6 Å². The molecule has 0 heterocycles. The summed E-state index contributed by atoms with van der Waals surface area (Å²) in [6.45, 7) is 3.89. The third-order valence-corrected chi connectivity index (χ3v) is 2.20. The molecule has 0 aliphatic carbocycles. The zero-order chi connectivity index (χ0) is 8.27. The predicted molar refractivity (Wildman–Crippen MR) is 47.8 cm³/mol. The molecule has 0 aliphatic heterocycles. The van der Waals surface area contributed by atoms with Gasteiger partial charge in [-0.05, 0) is 0 Å². The second-order valence-corrected chi connectivity index (χ2v) is 3.90. The first-order valence-corrected chi connectivity index (χ1v) is 4.72. The molecule has 0 aromatic heterocycles. The summed E-state index contributed by atoms with van der Waals surface area (Å²) in [7, 11) is 1.68. The Balaban J connectivity index is 3.12. The zero-order valence-corrected chi connectivity index (χ0v) is 9.28. The number of para-hydroxylation sites is 1. The van der Waals surface area contributed by atoms with Crippen LogP contribution < -0.4 is 4.74 Å². The predicted octanol–water partition coefficient (Wildman–Crippen LogP) is 1.83. The number of hydrogen-bond donors (Lipinski definition) is 0. The van der Waals surface area contributed by atoms with E-state index in [1.54, 1.807) is 7.11 Å². The van der Waals surface area contributed by atoms with Crippen molar-refractivity contribution in [2.75, 3.05) is 7.11 Å². The van der Waals surface area contributed by atoms with E-state index < -0.39 is 0 Å². The molecule has 1 aromatic rings. The van der Waals surface area contributed by atoms with Gasteiger partial charge in [-0.15, -0.1) is 0 Å². The van der Waals surface area contributed by atoms with Crippen LogP contribution in [0.15, 0.2) is 30.8 Å². The van der Waals surface area contributed by atoms with Crippen LogP contribution in [0.4, 0.5) is 0 Å². The molecule has 11 heavy (non-hydrogen) atoms. The van der Waals surface area contributed by atoms with Crippen molar-refractivity contribution >= 4 is 26.1 Å². The first kappa shape index (κ1) is 8.65. The Hall–Kier alpha value is -0.441. The molecular weight excluding hydrogens is 243 g/mol. The SMILES string of the molecule is C=[C]([Sn])c1ccccc1OC. The molecule has 0 saturated carbocycles. The molecular formula is C9H9OSn. The van der Waals surface area contributed by atoms with E-state index in [0.29, 0.717) is 0 Å². The molecule has 1 aromatic carbocycles. The molecule has 1 rings (SSSR count). The third-order valence-electron chi connectivity index (χ3n) is 1.43. The summed E-state index contributed by atoms with van der Waals surface area (Å²) in [6, 6.07) is 7.93. The molecule has 0 saturated heterocycles. The van der Waals surface area contributed by atoms with Crippen LogP contribution in [0.3, 0.4) is 0 Å². The van der Waals surface area contributed by atoms with Gasteiger partial charge in [0, 0.05) is 0 Å². The quantitative estimate of drug-likeness (QED) is 0.729. The van der Waals surface area contributed by atoms with Crippen molar-refractivity contribution in [3.63, 3.8) is 0 Å². The van der Waals surface area contributed by atoms with Gasteiger partial charge in [0.2, 0.25) is 0 Å². The molecule has 0 bridgehead atoms. The van der Waals surface area contributed by atoms with Crippen LogP contribution >= 0.6 is 0 Å². The molecule has 0 aliphatic rings. The van der Waals surface area contributed by atoms with Crippen LogP contribution in [0.5, 0.6) is 5.75 Å². The molecule has 2 heteroatoms. The van der Waals surface area contributed by atoms with Gasteiger partial charge in [0.05, 0.1) is 0 Å². The summed E-state index contributed by atoms with van der Waals surface area (Å²) < 4.78 is 6.28. The molecule has 0 fully saturated rings. The van der Waals surface area contributed by atoms with Crippen molar-refractivity contribution in [3.8, 4) is 5.75 Å². The summed E-state index contributed by atoms with van der Waals surface area (Å²) in [5.74, 6) is 0.911. The van der Waals surface area contributed by atoms with Crippen LogP contribution in [0.25, 0.3) is 3.59 Å². The van der Waals surface area contributed by atoms with Crippen molar-refractivity contribution in [1.29, 1.82) is 0 Å².